The van der Waals surface area contributed by atoms with E-state index < -0.39 is 0 Å². The standard InChI is InChI=1S/C25H28O3/c1-19-7-9-21(10-8-19)25(2,18-26)16-15-20-5-4-6-24(17-20)28-23-13-11-22(27-3)12-14-23/h4-14,17,26H,15-16,18H2,1-3H3. The Morgan fingerprint density at radius 1 is 0.857 bits per heavy atom. The average Bonchev–Trinajstić information content (AvgIpc) is 2.73. The molecule has 3 aromatic rings. The van der Waals surface area contributed by atoms with Crippen molar-refractivity contribution in [1.82, 2.24) is 0 Å². The summed E-state index contributed by atoms with van der Waals surface area (Å²) < 4.78 is 11.1. The number of ether oxygens (including phenoxy) is 2. The lowest BCUT2D eigenvalue weighted by molar-refractivity contribution is 0.197. The Morgan fingerprint density at radius 3 is 2.18 bits per heavy atom. The van der Waals surface area contributed by atoms with Crippen LogP contribution in [0.25, 0.3) is 0 Å². The summed E-state index contributed by atoms with van der Waals surface area (Å²) in [5.74, 6) is 2.39. The second-order valence-electron chi connectivity index (χ2n) is 7.51. The maximum atomic E-state index is 10.0. The van der Waals surface area contributed by atoms with Crippen LogP contribution >= 0.6 is 0 Å². The molecular formula is C25H28O3. The van der Waals surface area contributed by atoms with Crippen molar-refractivity contribution in [3.63, 3.8) is 0 Å². The number of methoxy groups -OCH3 is 1. The Labute approximate surface area is 167 Å². The maximum Gasteiger partial charge on any atom is 0.127 e. The van der Waals surface area contributed by atoms with Gasteiger partial charge in [-0.1, -0.05) is 48.9 Å². The molecule has 0 aliphatic heterocycles. The molecule has 0 fully saturated rings. The SMILES string of the molecule is COc1ccc(Oc2cccc(CCC(C)(CO)c3ccc(C)cc3)c2)cc1. The zero-order valence-corrected chi connectivity index (χ0v) is 16.8. The summed E-state index contributed by atoms with van der Waals surface area (Å²) in [6.45, 7) is 4.32. The molecule has 0 saturated carbocycles. The molecule has 1 N–H and O–H groups in total. The van der Waals surface area contributed by atoms with E-state index >= 15 is 0 Å². The van der Waals surface area contributed by atoms with Crippen LogP contribution in [0.5, 0.6) is 17.2 Å². The first-order valence-corrected chi connectivity index (χ1v) is 9.61. The van der Waals surface area contributed by atoms with Crippen molar-refractivity contribution < 1.29 is 14.6 Å². The lowest BCUT2D eigenvalue weighted by Crippen LogP contribution is -2.27. The second kappa shape index (κ2) is 8.94. The van der Waals surface area contributed by atoms with Crippen LogP contribution in [-0.4, -0.2) is 18.8 Å². The monoisotopic (exact) mass is 376 g/mol. The predicted octanol–water partition coefficient (Wildman–Crippen LogP) is 5.68. The Kier molecular flexibility index (Phi) is 6.37. The van der Waals surface area contributed by atoms with Crippen LogP contribution in [-0.2, 0) is 11.8 Å². The molecule has 3 heteroatoms. The molecule has 146 valence electrons. The van der Waals surface area contributed by atoms with Crippen LogP contribution in [0.2, 0.25) is 0 Å². The van der Waals surface area contributed by atoms with Crippen LogP contribution in [0, 0.1) is 6.92 Å². The normalized spacial score (nSPS) is 13.0. The fourth-order valence-electron chi connectivity index (χ4n) is 3.24. The third-order valence-corrected chi connectivity index (χ3v) is 5.26. The van der Waals surface area contributed by atoms with Gasteiger partial charge in [0.05, 0.1) is 13.7 Å². The lowest BCUT2D eigenvalue weighted by Gasteiger charge is -2.28. The first-order valence-electron chi connectivity index (χ1n) is 9.61. The molecular weight excluding hydrogens is 348 g/mol. The Hall–Kier alpha value is -2.78. The van der Waals surface area contributed by atoms with Gasteiger partial charge in [0.2, 0.25) is 0 Å². The number of hydrogen-bond acceptors (Lipinski definition) is 3. The number of aliphatic hydroxyl groups is 1. The van der Waals surface area contributed by atoms with Gasteiger partial charge in [0.1, 0.15) is 17.2 Å². The average molecular weight is 376 g/mol. The van der Waals surface area contributed by atoms with Gasteiger partial charge < -0.3 is 14.6 Å². The van der Waals surface area contributed by atoms with Gasteiger partial charge in [-0.05, 0) is 67.3 Å². The highest BCUT2D eigenvalue weighted by Gasteiger charge is 2.25. The highest BCUT2D eigenvalue weighted by atomic mass is 16.5. The van der Waals surface area contributed by atoms with Gasteiger partial charge in [-0.25, -0.2) is 0 Å². The highest BCUT2D eigenvalue weighted by molar-refractivity contribution is 5.37. The predicted molar refractivity (Wildman–Crippen MR) is 113 cm³/mol. The molecule has 0 aromatic heterocycles. The molecule has 28 heavy (non-hydrogen) atoms. The summed E-state index contributed by atoms with van der Waals surface area (Å²) in [7, 11) is 1.65. The molecule has 0 aliphatic rings. The number of aryl methyl sites for hydroxylation is 2. The Morgan fingerprint density at radius 2 is 1.54 bits per heavy atom. The first kappa shape index (κ1) is 20.0. The summed E-state index contributed by atoms with van der Waals surface area (Å²) in [5, 5.41) is 10.0. The largest absolute Gasteiger partial charge is 0.497 e. The third kappa shape index (κ3) is 4.93. The van der Waals surface area contributed by atoms with E-state index in [1.54, 1.807) is 7.11 Å². The fraction of sp³-hybridized carbons (Fsp3) is 0.280. The van der Waals surface area contributed by atoms with Crippen LogP contribution < -0.4 is 9.47 Å². The van der Waals surface area contributed by atoms with E-state index in [0.29, 0.717) is 0 Å². The molecule has 0 amide bonds. The van der Waals surface area contributed by atoms with E-state index in [1.165, 1.54) is 16.7 Å². The van der Waals surface area contributed by atoms with Gasteiger partial charge in [0.25, 0.3) is 0 Å². The van der Waals surface area contributed by atoms with Crippen molar-refractivity contribution in [2.75, 3.05) is 13.7 Å². The van der Waals surface area contributed by atoms with E-state index in [2.05, 4.69) is 50.2 Å². The smallest absolute Gasteiger partial charge is 0.127 e. The van der Waals surface area contributed by atoms with E-state index in [1.807, 2.05) is 36.4 Å². The quantitative estimate of drug-likeness (QED) is 0.550. The third-order valence-electron chi connectivity index (χ3n) is 5.26. The molecule has 0 saturated heterocycles. The van der Waals surface area contributed by atoms with Crippen LogP contribution in [0.4, 0.5) is 0 Å². The zero-order chi connectivity index (χ0) is 20.0. The Balaban J connectivity index is 1.68. The molecule has 1 atom stereocenters. The molecule has 3 aromatic carbocycles. The molecule has 0 radical (unpaired) electrons. The molecule has 3 nitrogen and oxygen atoms in total. The number of aliphatic hydroxyl groups excluding tert-OH is 1. The van der Waals surface area contributed by atoms with Crippen molar-refractivity contribution in [3.05, 3.63) is 89.5 Å². The minimum Gasteiger partial charge on any atom is -0.497 e. The van der Waals surface area contributed by atoms with Gasteiger partial charge in [-0.3, -0.25) is 0 Å². The summed E-state index contributed by atoms with van der Waals surface area (Å²) in [5.41, 5.74) is 3.33. The van der Waals surface area contributed by atoms with Gasteiger partial charge in [0.15, 0.2) is 0 Å². The van der Waals surface area contributed by atoms with Gasteiger partial charge in [-0.2, -0.15) is 0 Å². The number of benzene rings is 3. The minimum absolute atomic E-state index is 0.123. The van der Waals surface area contributed by atoms with Crippen LogP contribution in [0.1, 0.15) is 30.0 Å². The van der Waals surface area contributed by atoms with Crippen LogP contribution in [0.3, 0.4) is 0 Å². The van der Waals surface area contributed by atoms with E-state index in [9.17, 15) is 5.11 Å². The molecule has 3 rings (SSSR count). The molecule has 0 spiro atoms. The van der Waals surface area contributed by atoms with E-state index in [4.69, 9.17) is 9.47 Å². The van der Waals surface area contributed by atoms with Crippen molar-refractivity contribution in [2.24, 2.45) is 0 Å². The van der Waals surface area contributed by atoms with E-state index in [0.717, 1.165) is 30.1 Å². The maximum absolute atomic E-state index is 10.0. The summed E-state index contributed by atoms with van der Waals surface area (Å²) >= 11 is 0. The number of hydrogen-bond donors (Lipinski definition) is 1. The molecule has 0 heterocycles. The van der Waals surface area contributed by atoms with Gasteiger partial charge in [-0.15, -0.1) is 0 Å². The summed E-state index contributed by atoms with van der Waals surface area (Å²) in [6.07, 6.45) is 1.73. The van der Waals surface area contributed by atoms with Crippen molar-refractivity contribution in [1.29, 1.82) is 0 Å². The lowest BCUT2D eigenvalue weighted by atomic mass is 9.78. The zero-order valence-electron chi connectivity index (χ0n) is 16.8. The fourth-order valence-corrected chi connectivity index (χ4v) is 3.24. The molecule has 1 unspecified atom stereocenters. The van der Waals surface area contributed by atoms with E-state index in [-0.39, 0.29) is 12.0 Å². The second-order valence-corrected chi connectivity index (χ2v) is 7.51. The van der Waals surface area contributed by atoms with Crippen LogP contribution in [0.15, 0.2) is 72.8 Å². The summed E-state index contributed by atoms with van der Waals surface area (Å²) in [6, 6.07) is 24.1. The van der Waals surface area contributed by atoms with Crippen molar-refractivity contribution in [2.45, 2.75) is 32.1 Å². The number of rotatable bonds is 8. The molecule has 0 bridgehead atoms. The summed E-state index contributed by atoms with van der Waals surface area (Å²) in [4.78, 5) is 0. The van der Waals surface area contributed by atoms with Gasteiger partial charge >= 0.3 is 0 Å². The molecule has 0 aliphatic carbocycles. The Bertz CT molecular complexity index is 884. The minimum atomic E-state index is -0.263. The van der Waals surface area contributed by atoms with Crippen molar-refractivity contribution in [3.8, 4) is 17.2 Å². The highest BCUT2D eigenvalue weighted by Crippen LogP contribution is 2.30. The van der Waals surface area contributed by atoms with Gasteiger partial charge in [0, 0.05) is 5.41 Å². The van der Waals surface area contributed by atoms with Crippen molar-refractivity contribution >= 4 is 0 Å². The first-order chi connectivity index (χ1) is 13.5. The topological polar surface area (TPSA) is 38.7 Å².